The highest BCUT2D eigenvalue weighted by atomic mass is 19.4. The summed E-state index contributed by atoms with van der Waals surface area (Å²) in [4.78, 5) is 35.7. The molecular formula is C27H35F3O5. The zero-order valence-electron chi connectivity index (χ0n) is 20.9. The maximum absolute atomic E-state index is 13.3. The van der Waals surface area contributed by atoms with Crippen LogP contribution in [0.3, 0.4) is 0 Å². The third-order valence-electron chi connectivity index (χ3n) is 9.54. The molecule has 0 bridgehead atoms. The molecule has 0 radical (unpaired) electrons. The topological polar surface area (TPSA) is 69.7 Å². The zero-order valence-corrected chi connectivity index (χ0v) is 20.9. The first kappa shape index (κ1) is 26.0. The second-order valence-electron chi connectivity index (χ2n) is 11.4. The van der Waals surface area contributed by atoms with Crippen LogP contribution in [0.4, 0.5) is 13.2 Å². The minimum Gasteiger partial charge on any atom is -0.462 e. The molecule has 3 saturated carbocycles. The monoisotopic (exact) mass is 496 g/mol. The number of hydrogen-bond donors (Lipinski definition) is 0. The Kier molecular flexibility index (Phi) is 6.73. The summed E-state index contributed by atoms with van der Waals surface area (Å²) in [5.41, 5.74) is 1.02. The smallest absolute Gasteiger partial charge is 0.449 e. The summed E-state index contributed by atoms with van der Waals surface area (Å²) in [6.45, 7) is 6.72. The van der Waals surface area contributed by atoms with E-state index < -0.39 is 29.6 Å². The van der Waals surface area contributed by atoms with Gasteiger partial charge in [0.1, 0.15) is 6.10 Å². The number of esters is 2. The zero-order chi connectivity index (χ0) is 25.8. The van der Waals surface area contributed by atoms with E-state index in [4.69, 9.17) is 4.74 Å². The van der Waals surface area contributed by atoms with E-state index in [2.05, 4.69) is 24.7 Å². The van der Waals surface area contributed by atoms with Gasteiger partial charge in [0.25, 0.3) is 0 Å². The third-order valence-corrected chi connectivity index (χ3v) is 9.54. The number of hydrogen-bond acceptors (Lipinski definition) is 5. The van der Waals surface area contributed by atoms with E-state index in [1.165, 1.54) is 12.5 Å². The van der Waals surface area contributed by atoms with Gasteiger partial charge in [0.2, 0.25) is 5.76 Å². The van der Waals surface area contributed by atoms with Crippen molar-refractivity contribution in [1.82, 2.24) is 0 Å². The molecule has 0 saturated heterocycles. The number of carbonyl (C=O) groups excluding carboxylic acids is 3. The first-order valence-corrected chi connectivity index (χ1v) is 12.6. The first-order valence-electron chi connectivity index (χ1n) is 12.6. The summed E-state index contributed by atoms with van der Waals surface area (Å²) >= 11 is 0. The van der Waals surface area contributed by atoms with Gasteiger partial charge in [-0.05, 0) is 73.5 Å². The molecule has 0 unspecified atom stereocenters. The number of halogens is 3. The van der Waals surface area contributed by atoms with Crippen molar-refractivity contribution in [2.75, 3.05) is 0 Å². The highest BCUT2D eigenvalue weighted by Gasteiger charge is 2.60. The second kappa shape index (κ2) is 9.07. The molecule has 0 aromatic heterocycles. The highest BCUT2D eigenvalue weighted by molar-refractivity contribution is 5.93. The molecule has 4 rings (SSSR count). The minimum atomic E-state index is -4.90. The molecule has 7 atom stereocenters. The van der Waals surface area contributed by atoms with Crippen molar-refractivity contribution < 1.29 is 37.0 Å². The first-order chi connectivity index (χ1) is 16.3. The van der Waals surface area contributed by atoms with Crippen LogP contribution in [-0.4, -0.2) is 30.0 Å². The van der Waals surface area contributed by atoms with Gasteiger partial charge in [-0.3, -0.25) is 14.4 Å². The molecule has 0 spiro atoms. The van der Waals surface area contributed by atoms with Crippen LogP contribution in [0.5, 0.6) is 0 Å². The summed E-state index contributed by atoms with van der Waals surface area (Å²) in [6, 6.07) is 0. The Labute approximate surface area is 204 Å². The Bertz CT molecular complexity index is 966. The van der Waals surface area contributed by atoms with Gasteiger partial charge in [0.05, 0.1) is 0 Å². The molecule has 0 aromatic rings. The number of rotatable bonds is 4. The van der Waals surface area contributed by atoms with Crippen LogP contribution in [0.15, 0.2) is 23.5 Å². The molecule has 0 N–H and O–H groups in total. The standard InChI is InChI=1S/C27H35F3O5/c1-15(31)34-18-9-11-25(3)17(13-18)5-6-19-20-7-8-22(26(20,4)12-10-21(19)25)23(33)14-24(27(28,29)30)35-16(2)32/h5,14,18-22H,6-13H2,1-4H3/b24-14+/t18-,19+,20+,21+,22-,25+,26+/m1/s1. The average Bonchev–Trinajstić information content (AvgIpc) is 3.09. The van der Waals surface area contributed by atoms with Gasteiger partial charge in [0, 0.05) is 32.3 Å². The Morgan fingerprint density at radius 2 is 1.71 bits per heavy atom. The normalized spacial score (nSPS) is 39.0. The molecule has 0 aliphatic heterocycles. The van der Waals surface area contributed by atoms with Crippen LogP contribution in [0.2, 0.25) is 0 Å². The fourth-order valence-electron chi connectivity index (χ4n) is 7.98. The van der Waals surface area contributed by atoms with Crippen molar-refractivity contribution in [2.45, 2.75) is 91.3 Å². The summed E-state index contributed by atoms with van der Waals surface area (Å²) in [7, 11) is 0. The van der Waals surface area contributed by atoms with Gasteiger partial charge in [0.15, 0.2) is 5.78 Å². The number of allylic oxidation sites excluding steroid dienone is 3. The summed E-state index contributed by atoms with van der Waals surface area (Å²) in [5.74, 6) is -2.90. The van der Waals surface area contributed by atoms with E-state index in [1.54, 1.807) is 0 Å². The lowest BCUT2D eigenvalue weighted by atomic mass is 9.47. The SMILES string of the molecule is CC(=O)O/C(=C/C(=O)[C@H]1CC[C@H]2[C@@H]3CC=C4C[C@H](OC(C)=O)CC[C@]4(C)[C@H]3CC[C@]12C)C(F)(F)F. The molecule has 8 heteroatoms. The summed E-state index contributed by atoms with van der Waals surface area (Å²) in [5, 5.41) is 0. The van der Waals surface area contributed by atoms with E-state index in [1.807, 2.05) is 0 Å². The molecule has 0 aromatic carbocycles. The molecule has 194 valence electrons. The maximum atomic E-state index is 13.3. The van der Waals surface area contributed by atoms with Crippen molar-refractivity contribution in [3.8, 4) is 0 Å². The molecule has 4 aliphatic carbocycles. The van der Waals surface area contributed by atoms with Crippen LogP contribution in [0.25, 0.3) is 0 Å². The van der Waals surface area contributed by atoms with Crippen LogP contribution < -0.4 is 0 Å². The van der Waals surface area contributed by atoms with Crippen molar-refractivity contribution in [1.29, 1.82) is 0 Å². The van der Waals surface area contributed by atoms with Crippen LogP contribution in [0.1, 0.15) is 79.1 Å². The second-order valence-corrected chi connectivity index (χ2v) is 11.4. The van der Waals surface area contributed by atoms with Gasteiger partial charge in [-0.2, -0.15) is 13.2 Å². The lowest BCUT2D eigenvalue weighted by molar-refractivity contribution is -0.158. The van der Waals surface area contributed by atoms with E-state index in [9.17, 15) is 27.6 Å². The Morgan fingerprint density at radius 1 is 1.00 bits per heavy atom. The molecular weight excluding hydrogens is 461 g/mol. The fraction of sp³-hybridized carbons (Fsp3) is 0.741. The van der Waals surface area contributed by atoms with E-state index in [0.29, 0.717) is 24.3 Å². The summed E-state index contributed by atoms with van der Waals surface area (Å²) in [6.07, 6.45) is 4.34. The van der Waals surface area contributed by atoms with Gasteiger partial charge >= 0.3 is 18.1 Å². The van der Waals surface area contributed by atoms with Crippen LogP contribution in [-0.2, 0) is 23.9 Å². The highest BCUT2D eigenvalue weighted by Crippen LogP contribution is 2.66. The van der Waals surface area contributed by atoms with Gasteiger partial charge in [-0.25, -0.2) is 0 Å². The fourth-order valence-corrected chi connectivity index (χ4v) is 7.98. The van der Waals surface area contributed by atoms with Crippen molar-refractivity contribution in [2.24, 2.45) is 34.5 Å². The Hall–Kier alpha value is -2.12. The predicted molar refractivity (Wildman–Crippen MR) is 122 cm³/mol. The average molecular weight is 497 g/mol. The van der Waals surface area contributed by atoms with E-state index in [-0.39, 0.29) is 28.8 Å². The molecule has 0 heterocycles. The van der Waals surface area contributed by atoms with Gasteiger partial charge in [-0.15, -0.1) is 0 Å². The van der Waals surface area contributed by atoms with Crippen molar-refractivity contribution in [3.05, 3.63) is 23.5 Å². The number of fused-ring (bicyclic) bond motifs is 5. The van der Waals surface area contributed by atoms with Crippen LogP contribution in [0, 0.1) is 34.5 Å². The van der Waals surface area contributed by atoms with E-state index in [0.717, 1.165) is 51.9 Å². The lowest BCUT2D eigenvalue weighted by Crippen LogP contribution is -2.51. The third kappa shape index (κ3) is 4.69. The predicted octanol–water partition coefficient (Wildman–Crippen LogP) is 6.08. The van der Waals surface area contributed by atoms with E-state index >= 15 is 0 Å². The lowest BCUT2D eigenvalue weighted by Gasteiger charge is -2.58. The number of carbonyl (C=O) groups is 3. The van der Waals surface area contributed by atoms with Gasteiger partial charge < -0.3 is 9.47 Å². The Morgan fingerprint density at radius 3 is 2.34 bits per heavy atom. The van der Waals surface area contributed by atoms with Crippen LogP contribution >= 0.6 is 0 Å². The number of alkyl halides is 3. The Balaban J connectivity index is 1.55. The number of ether oxygens (including phenoxy) is 2. The number of ketones is 1. The minimum absolute atomic E-state index is 0.0294. The van der Waals surface area contributed by atoms with Crippen molar-refractivity contribution >= 4 is 17.7 Å². The molecule has 0 amide bonds. The molecule has 3 fully saturated rings. The molecule has 5 nitrogen and oxygen atoms in total. The van der Waals surface area contributed by atoms with Crippen molar-refractivity contribution in [3.63, 3.8) is 0 Å². The maximum Gasteiger partial charge on any atom is 0.449 e. The summed E-state index contributed by atoms with van der Waals surface area (Å²) < 4.78 is 49.9. The van der Waals surface area contributed by atoms with Gasteiger partial charge in [-0.1, -0.05) is 25.5 Å². The largest absolute Gasteiger partial charge is 0.462 e. The molecule has 35 heavy (non-hydrogen) atoms. The molecule has 4 aliphatic rings. The quantitative estimate of drug-likeness (QED) is 0.204.